The van der Waals surface area contributed by atoms with Crippen LogP contribution in [0, 0.1) is 18.6 Å². The van der Waals surface area contributed by atoms with E-state index in [-0.39, 0.29) is 6.04 Å². The second-order valence-corrected chi connectivity index (χ2v) is 5.03. The third kappa shape index (κ3) is 3.79. The van der Waals surface area contributed by atoms with E-state index in [4.69, 9.17) is 10.5 Å². The van der Waals surface area contributed by atoms with E-state index in [0.717, 1.165) is 22.9 Å². The molecule has 0 aliphatic carbocycles. The van der Waals surface area contributed by atoms with Gasteiger partial charge in [0, 0.05) is 11.6 Å². The van der Waals surface area contributed by atoms with Crippen LogP contribution in [0.2, 0.25) is 0 Å². The summed E-state index contributed by atoms with van der Waals surface area (Å²) < 4.78 is 31.8. The predicted octanol–water partition coefficient (Wildman–Crippen LogP) is 3.91. The number of aryl methyl sites for hydroxylation is 1. The number of rotatable bonds is 5. The summed E-state index contributed by atoms with van der Waals surface area (Å²) in [7, 11) is 0. The van der Waals surface area contributed by atoms with Gasteiger partial charge in [-0.15, -0.1) is 0 Å². The van der Waals surface area contributed by atoms with Crippen molar-refractivity contribution in [1.82, 2.24) is 0 Å². The van der Waals surface area contributed by atoms with Gasteiger partial charge in [0.25, 0.3) is 0 Å². The molecule has 2 aromatic rings. The van der Waals surface area contributed by atoms with Crippen LogP contribution in [0.4, 0.5) is 8.78 Å². The number of ether oxygens (including phenoxy) is 1. The molecule has 0 saturated carbocycles. The van der Waals surface area contributed by atoms with Crippen molar-refractivity contribution in [1.29, 1.82) is 0 Å². The molecule has 0 aromatic heterocycles. The molecule has 0 aliphatic rings. The van der Waals surface area contributed by atoms with Crippen LogP contribution in [0.5, 0.6) is 5.75 Å². The molecule has 2 nitrogen and oxygen atoms in total. The highest BCUT2D eigenvalue weighted by atomic mass is 19.2. The quantitative estimate of drug-likeness (QED) is 0.906. The van der Waals surface area contributed by atoms with Gasteiger partial charge in [-0.3, -0.25) is 0 Å². The number of benzene rings is 2. The molecule has 2 aromatic carbocycles. The Bertz CT molecular complexity index is 628. The number of nitrogens with two attached hydrogens (primary N) is 1. The number of hydrogen-bond acceptors (Lipinski definition) is 2. The fourth-order valence-corrected chi connectivity index (χ4v) is 2.28. The van der Waals surface area contributed by atoms with Crippen LogP contribution in [0.3, 0.4) is 0 Å². The molecule has 0 spiro atoms. The van der Waals surface area contributed by atoms with Gasteiger partial charge < -0.3 is 10.5 Å². The highest BCUT2D eigenvalue weighted by Crippen LogP contribution is 2.27. The van der Waals surface area contributed by atoms with E-state index >= 15 is 0 Å². The number of hydrogen-bond donors (Lipinski definition) is 1. The summed E-state index contributed by atoms with van der Waals surface area (Å²) >= 11 is 0. The minimum Gasteiger partial charge on any atom is -0.494 e. The van der Waals surface area contributed by atoms with Crippen LogP contribution in [-0.4, -0.2) is 6.61 Å². The second kappa shape index (κ2) is 6.68. The summed E-state index contributed by atoms with van der Waals surface area (Å²) in [5, 5.41) is 0. The van der Waals surface area contributed by atoms with Crippen LogP contribution >= 0.6 is 0 Å². The summed E-state index contributed by atoms with van der Waals surface area (Å²) in [6.45, 7) is 4.43. The van der Waals surface area contributed by atoms with Gasteiger partial charge >= 0.3 is 0 Å². The molecule has 1 atom stereocenters. The Balaban J connectivity index is 2.24. The van der Waals surface area contributed by atoms with Gasteiger partial charge in [-0.05, 0) is 44.0 Å². The smallest absolute Gasteiger partial charge is 0.159 e. The topological polar surface area (TPSA) is 35.2 Å². The van der Waals surface area contributed by atoms with Crippen molar-refractivity contribution < 1.29 is 13.5 Å². The Morgan fingerprint density at radius 3 is 2.52 bits per heavy atom. The van der Waals surface area contributed by atoms with Crippen molar-refractivity contribution in [2.45, 2.75) is 26.3 Å². The lowest BCUT2D eigenvalue weighted by Gasteiger charge is -2.17. The molecule has 2 N–H and O–H groups in total. The first kappa shape index (κ1) is 15.4. The average Bonchev–Trinajstić information content (AvgIpc) is 2.45. The van der Waals surface area contributed by atoms with Crippen molar-refractivity contribution in [3.63, 3.8) is 0 Å². The molecule has 0 amide bonds. The van der Waals surface area contributed by atoms with Crippen molar-refractivity contribution in [3.05, 3.63) is 64.7 Å². The zero-order chi connectivity index (χ0) is 15.4. The van der Waals surface area contributed by atoms with E-state index in [2.05, 4.69) is 0 Å². The molecule has 2 rings (SSSR count). The van der Waals surface area contributed by atoms with Crippen LogP contribution in [0.1, 0.15) is 29.7 Å². The third-order valence-electron chi connectivity index (χ3n) is 3.30. The Morgan fingerprint density at radius 2 is 1.86 bits per heavy atom. The van der Waals surface area contributed by atoms with Gasteiger partial charge in [-0.1, -0.05) is 23.8 Å². The van der Waals surface area contributed by atoms with Gasteiger partial charge in [0.15, 0.2) is 11.6 Å². The molecular weight excluding hydrogens is 272 g/mol. The van der Waals surface area contributed by atoms with E-state index in [1.165, 1.54) is 6.07 Å². The third-order valence-corrected chi connectivity index (χ3v) is 3.30. The maximum Gasteiger partial charge on any atom is 0.159 e. The number of halogens is 2. The van der Waals surface area contributed by atoms with E-state index in [0.29, 0.717) is 18.6 Å². The fraction of sp³-hybridized carbons (Fsp3) is 0.294. The van der Waals surface area contributed by atoms with Crippen LogP contribution in [0.25, 0.3) is 0 Å². The second-order valence-electron chi connectivity index (χ2n) is 5.03. The summed E-state index contributed by atoms with van der Waals surface area (Å²) in [5.41, 5.74) is 8.83. The molecule has 1 unspecified atom stereocenters. The lowest BCUT2D eigenvalue weighted by Crippen LogP contribution is -2.15. The summed E-state index contributed by atoms with van der Waals surface area (Å²) in [6.07, 6.45) is 0.417. The van der Waals surface area contributed by atoms with Gasteiger partial charge in [0.2, 0.25) is 0 Å². The molecule has 112 valence electrons. The highest BCUT2D eigenvalue weighted by molar-refractivity contribution is 5.40. The zero-order valence-electron chi connectivity index (χ0n) is 12.2. The Kier molecular flexibility index (Phi) is 4.91. The Hall–Kier alpha value is -1.94. The molecule has 0 radical (unpaired) electrons. The molecular formula is C17H19F2NO. The molecule has 0 heterocycles. The van der Waals surface area contributed by atoms with Crippen molar-refractivity contribution in [2.75, 3.05) is 6.61 Å². The monoisotopic (exact) mass is 291 g/mol. The van der Waals surface area contributed by atoms with Crippen LogP contribution in [-0.2, 0) is 6.42 Å². The standard InChI is InChI=1S/C17H19F2NO/c1-3-21-17-7-4-11(2)8-13(17)16(20)10-12-5-6-14(18)15(19)9-12/h4-9,16H,3,10,20H2,1-2H3. The van der Waals surface area contributed by atoms with Gasteiger partial charge in [-0.25, -0.2) is 8.78 Å². The van der Waals surface area contributed by atoms with Gasteiger partial charge in [-0.2, -0.15) is 0 Å². The largest absolute Gasteiger partial charge is 0.494 e. The molecule has 4 heteroatoms. The van der Waals surface area contributed by atoms with Crippen molar-refractivity contribution in [2.24, 2.45) is 5.73 Å². The lowest BCUT2D eigenvalue weighted by atomic mass is 9.97. The summed E-state index contributed by atoms with van der Waals surface area (Å²) in [6, 6.07) is 9.33. The first-order valence-electron chi connectivity index (χ1n) is 6.94. The molecule has 0 fully saturated rings. The normalized spacial score (nSPS) is 12.2. The maximum atomic E-state index is 13.3. The highest BCUT2D eigenvalue weighted by Gasteiger charge is 2.14. The molecule has 0 bridgehead atoms. The lowest BCUT2D eigenvalue weighted by molar-refractivity contribution is 0.334. The first-order valence-corrected chi connectivity index (χ1v) is 6.94. The van der Waals surface area contributed by atoms with Gasteiger partial charge in [0.05, 0.1) is 6.61 Å². The van der Waals surface area contributed by atoms with Crippen LogP contribution < -0.4 is 10.5 Å². The molecule has 0 aliphatic heterocycles. The van der Waals surface area contributed by atoms with Crippen molar-refractivity contribution >= 4 is 0 Å². The first-order chi connectivity index (χ1) is 10.0. The Morgan fingerprint density at radius 1 is 1.10 bits per heavy atom. The summed E-state index contributed by atoms with van der Waals surface area (Å²) in [5.74, 6) is -0.968. The zero-order valence-corrected chi connectivity index (χ0v) is 12.2. The Labute approximate surface area is 123 Å². The maximum absolute atomic E-state index is 13.3. The molecule has 21 heavy (non-hydrogen) atoms. The SMILES string of the molecule is CCOc1ccc(C)cc1C(N)Cc1ccc(F)c(F)c1. The minimum absolute atomic E-state index is 0.337. The van der Waals surface area contributed by atoms with E-state index in [9.17, 15) is 8.78 Å². The average molecular weight is 291 g/mol. The van der Waals surface area contributed by atoms with E-state index in [1.54, 1.807) is 6.07 Å². The van der Waals surface area contributed by atoms with Gasteiger partial charge in [0.1, 0.15) is 5.75 Å². The molecule has 0 saturated heterocycles. The fourth-order valence-electron chi connectivity index (χ4n) is 2.28. The van der Waals surface area contributed by atoms with E-state index < -0.39 is 11.6 Å². The van der Waals surface area contributed by atoms with E-state index in [1.807, 2.05) is 32.0 Å². The van der Waals surface area contributed by atoms with Crippen LogP contribution in [0.15, 0.2) is 36.4 Å². The summed E-state index contributed by atoms with van der Waals surface area (Å²) in [4.78, 5) is 0. The minimum atomic E-state index is -0.853. The van der Waals surface area contributed by atoms with Crippen molar-refractivity contribution in [3.8, 4) is 5.75 Å². The predicted molar refractivity (Wildman–Crippen MR) is 79.3 cm³/mol.